The summed E-state index contributed by atoms with van der Waals surface area (Å²) in [5.41, 5.74) is 6.83. The normalized spacial score (nSPS) is 16.6. The van der Waals surface area contributed by atoms with Gasteiger partial charge >= 0.3 is 0 Å². The molecule has 1 saturated heterocycles. The van der Waals surface area contributed by atoms with Crippen molar-refractivity contribution in [3.8, 4) is 0 Å². The first-order valence-corrected chi connectivity index (χ1v) is 6.66. The zero-order chi connectivity index (χ0) is 13.8. The van der Waals surface area contributed by atoms with E-state index >= 15 is 0 Å². The van der Waals surface area contributed by atoms with Crippen LogP contribution in [0.5, 0.6) is 0 Å². The fourth-order valence-electron chi connectivity index (χ4n) is 2.29. The second-order valence-electron chi connectivity index (χ2n) is 4.75. The number of amidine groups is 1. The SMILES string of the molecule is CCOC1CCN(c2nc(C)cc(C(=N)N)n2)CC1. The molecule has 3 N–H and O–H groups in total. The van der Waals surface area contributed by atoms with E-state index in [9.17, 15) is 0 Å². The molecule has 1 fully saturated rings. The van der Waals surface area contributed by atoms with Crippen LogP contribution in [0.15, 0.2) is 6.07 Å². The Morgan fingerprint density at radius 1 is 1.47 bits per heavy atom. The molecule has 0 saturated carbocycles. The third kappa shape index (κ3) is 3.41. The van der Waals surface area contributed by atoms with E-state index < -0.39 is 0 Å². The third-order valence-electron chi connectivity index (χ3n) is 3.25. The Morgan fingerprint density at radius 2 is 2.16 bits per heavy atom. The summed E-state index contributed by atoms with van der Waals surface area (Å²) in [6, 6.07) is 1.73. The van der Waals surface area contributed by atoms with E-state index in [1.807, 2.05) is 13.8 Å². The molecule has 0 radical (unpaired) electrons. The molecule has 0 aromatic carbocycles. The number of aromatic nitrogens is 2. The topological polar surface area (TPSA) is 88.1 Å². The van der Waals surface area contributed by atoms with Gasteiger partial charge in [0.05, 0.1) is 6.10 Å². The fourth-order valence-corrected chi connectivity index (χ4v) is 2.29. The maximum atomic E-state index is 7.48. The van der Waals surface area contributed by atoms with Crippen molar-refractivity contribution in [2.75, 3.05) is 24.6 Å². The number of rotatable bonds is 4. The van der Waals surface area contributed by atoms with Crippen molar-refractivity contribution in [2.24, 2.45) is 5.73 Å². The van der Waals surface area contributed by atoms with Gasteiger partial charge < -0.3 is 15.4 Å². The summed E-state index contributed by atoms with van der Waals surface area (Å²) in [6.07, 6.45) is 2.32. The van der Waals surface area contributed by atoms with Crippen molar-refractivity contribution in [1.29, 1.82) is 5.41 Å². The first-order chi connectivity index (χ1) is 9.10. The first-order valence-electron chi connectivity index (χ1n) is 6.66. The second kappa shape index (κ2) is 5.97. The molecule has 0 unspecified atom stereocenters. The summed E-state index contributed by atoms with van der Waals surface area (Å²) in [6.45, 7) is 6.44. The van der Waals surface area contributed by atoms with Crippen molar-refractivity contribution < 1.29 is 4.74 Å². The van der Waals surface area contributed by atoms with E-state index in [1.54, 1.807) is 6.07 Å². The zero-order valence-electron chi connectivity index (χ0n) is 11.5. The average molecular weight is 263 g/mol. The van der Waals surface area contributed by atoms with Crippen LogP contribution in [0.4, 0.5) is 5.95 Å². The predicted molar refractivity (Wildman–Crippen MR) is 74.6 cm³/mol. The van der Waals surface area contributed by atoms with Crippen LogP contribution in [0.25, 0.3) is 0 Å². The van der Waals surface area contributed by atoms with E-state index in [4.69, 9.17) is 15.9 Å². The Labute approximate surface area is 113 Å². The molecule has 1 aliphatic rings. The lowest BCUT2D eigenvalue weighted by molar-refractivity contribution is 0.0457. The van der Waals surface area contributed by atoms with Crippen LogP contribution in [0.3, 0.4) is 0 Å². The molecule has 0 spiro atoms. The van der Waals surface area contributed by atoms with Crippen LogP contribution in [0.2, 0.25) is 0 Å². The summed E-state index contributed by atoms with van der Waals surface area (Å²) in [4.78, 5) is 10.9. The van der Waals surface area contributed by atoms with Gasteiger partial charge in [-0.1, -0.05) is 0 Å². The van der Waals surface area contributed by atoms with Crippen molar-refractivity contribution in [2.45, 2.75) is 32.8 Å². The lowest BCUT2D eigenvalue weighted by Gasteiger charge is -2.32. The third-order valence-corrected chi connectivity index (χ3v) is 3.25. The number of nitrogen functional groups attached to an aromatic ring is 1. The lowest BCUT2D eigenvalue weighted by atomic mass is 10.1. The summed E-state index contributed by atoms with van der Waals surface area (Å²) in [5.74, 6) is 0.649. The Hall–Kier alpha value is -1.69. The van der Waals surface area contributed by atoms with E-state index in [0.29, 0.717) is 17.7 Å². The quantitative estimate of drug-likeness (QED) is 0.626. The predicted octanol–water partition coefficient (Wildman–Crippen LogP) is 1.07. The van der Waals surface area contributed by atoms with Crippen LogP contribution in [-0.2, 0) is 4.74 Å². The van der Waals surface area contributed by atoms with Gasteiger partial charge in [0.15, 0.2) is 0 Å². The summed E-state index contributed by atoms with van der Waals surface area (Å²) in [7, 11) is 0. The van der Waals surface area contributed by atoms with Crippen molar-refractivity contribution in [1.82, 2.24) is 9.97 Å². The zero-order valence-corrected chi connectivity index (χ0v) is 11.5. The minimum Gasteiger partial charge on any atom is -0.382 e. The van der Waals surface area contributed by atoms with Crippen molar-refractivity contribution in [3.63, 3.8) is 0 Å². The van der Waals surface area contributed by atoms with Gasteiger partial charge in [0.25, 0.3) is 0 Å². The fraction of sp³-hybridized carbons (Fsp3) is 0.615. The molecule has 0 atom stereocenters. The summed E-state index contributed by atoms with van der Waals surface area (Å²) >= 11 is 0. The molecule has 0 bridgehead atoms. The lowest BCUT2D eigenvalue weighted by Crippen LogP contribution is -2.38. The number of piperidine rings is 1. The number of hydrogen-bond acceptors (Lipinski definition) is 5. The van der Waals surface area contributed by atoms with Crippen LogP contribution in [-0.4, -0.2) is 41.6 Å². The van der Waals surface area contributed by atoms with Gasteiger partial charge in [-0.3, -0.25) is 5.41 Å². The minimum absolute atomic E-state index is 0.0176. The van der Waals surface area contributed by atoms with Gasteiger partial charge in [0, 0.05) is 25.4 Å². The highest BCUT2D eigenvalue weighted by atomic mass is 16.5. The molecular weight excluding hydrogens is 242 g/mol. The van der Waals surface area contributed by atoms with Crippen LogP contribution >= 0.6 is 0 Å². The average Bonchev–Trinajstić information content (AvgIpc) is 2.39. The Balaban J connectivity index is 2.09. The molecule has 1 aromatic heterocycles. The smallest absolute Gasteiger partial charge is 0.226 e. The van der Waals surface area contributed by atoms with Gasteiger partial charge in [0.2, 0.25) is 5.95 Å². The van der Waals surface area contributed by atoms with E-state index in [2.05, 4.69) is 14.9 Å². The molecule has 2 rings (SSSR count). The van der Waals surface area contributed by atoms with Gasteiger partial charge in [-0.25, -0.2) is 9.97 Å². The Bertz CT molecular complexity index is 454. The van der Waals surface area contributed by atoms with Gasteiger partial charge in [0.1, 0.15) is 11.5 Å². The molecule has 19 heavy (non-hydrogen) atoms. The largest absolute Gasteiger partial charge is 0.382 e. The van der Waals surface area contributed by atoms with E-state index in [1.165, 1.54) is 0 Å². The number of nitrogens with two attached hydrogens (primary N) is 1. The maximum absolute atomic E-state index is 7.48. The number of nitrogens with one attached hydrogen (secondary N) is 1. The number of aryl methyl sites for hydroxylation is 1. The molecule has 1 aliphatic heterocycles. The van der Waals surface area contributed by atoms with Gasteiger partial charge in [-0.05, 0) is 32.8 Å². The number of nitrogens with zero attached hydrogens (tertiary/aromatic N) is 3. The molecule has 0 aliphatic carbocycles. The molecule has 2 heterocycles. The molecule has 6 heteroatoms. The number of anilines is 1. The molecule has 1 aromatic rings. The monoisotopic (exact) mass is 263 g/mol. The summed E-state index contributed by atoms with van der Waals surface area (Å²) < 4.78 is 5.63. The van der Waals surface area contributed by atoms with Crippen molar-refractivity contribution in [3.05, 3.63) is 17.5 Å². The highest BCUT2D eigenvalue weighted by molar-refractivity contribution is 5.93. The van der Waals surface area contributed by atoms with E-state index in [0.717, 1.165) is 38.2 Å². The number of hydrogen-bond donors (Lipinski definition) is 2. The standard InChI is InChI=1S/C13H21N5O/c1-3-19-10-4-6-18(7-5-10)13-16-9(2)8-11(17-13)12(14)15/h8,10H,3-7H2,1-2H3,(H3,14,15). The minimum atomic E-state index is -0.0176. The molecule has 0 amide bonds. The highest BCUT2D eigenvalue weighted by Gasteiger charge is 2.21. The Morgan fingerprint density at radius 3 is 2.74 bits per heavy atom. The van der Waals surface area contributed by atoms with E-state index in [-0.39, 0.29) is 5.84 Å². The molecule has 6 nitrogen and oxygen atoms in total. The van der Waals surface area contributed by atoms with Gasteiger partial charge in [-0.2, -0.15) is 0 Å². The molecular formula is C13H21N5O. The van der Waals surface area contributed by atoms with Crippen molar-refractivity contribution >= 4 is 11.8 Å². The van der Waals surface area contributed by atoms with Crippen LogP contribution < -0.4 is 10.6 Å². The molecule has 104 valence electrons. The van der Waals surface area contributed by atoms with Crippen LogP contribution in [0.1, 0.15) is 31.2 Å². The Kier molecular flexibility index (Phi) is 4.31. The van der Waals surface area contributed by atoms with Crippen LogP contribution in [0, 0.1) is 12.3 Å². The maximum Gasteiger partial charge on any atom is 0.226 e. The second-order valence-corrected chi connectivity index (χ2v) is 4.75. The highest BCUT2D eigenvalue weighted by Crippen LogP contribution is 2.18. The number of ether oxygens (including phenoxy) is 1. The van der Waals surface area contributed by atoms with Gasteiger partial charge in [-0.15, -0.1) is 0 Å². The summed E-state index contributed by atoms with van der Waals surface area (Å²) in [5, 5.41) is 7.48. The first kappa shape index (κ1) is 13.7.